The lowest BCUT2D eigenvalue weighted by molar-refractivity contribution is -0.368. The molecule has 30 heavy (non-hydrogen) atoms. The maximum Gasteiger partial charge on any atom is 0.225 e. The zero-order chi connectivity index (χ0) is 21.5. The maximum absolute atomic E-state index is 10.7. The van der Waals surface area contributed by atoms with Gasteiger partial charge in [-0.2, -0.15) is 0 Å². The van der Waals surface area contributed by atoms with Crippen molar-refractivity contribution in [1.82, 2.24) is 0 Å². The van der Waals surface area contributed by atoms with Crippen LogP contribution in [0.1, 0.15) is 40.3 Å². The zero-order valence-corrected chi connectivity index (χ0v) is 16.8. The minimum absolute atomic E-state index is 0.132. The fourth-order valence-corrected chi connectivity index (χ4v) is 4.27. The first-order valence-corrected chi connectivity index (χ1v) is 10.1. The Kier molecular flexibility index (Phi) is 5.69. The average molecular weight is 410 g/mol. The molecule has 2 aromatic carbocycles. The van der Waals surface area contributed by atoms with Gasteiger partial charge in [0.05, 0.1) is 13.2 Å². The van der Waals surface area contributed by atoms with Crippen LogP contribution in [-0.2, 0) is 34.7 Å². The van der Waals surface area contributed by atoms with Crippen molar-refractivity contribution in [2.75, 3.05) is 6.61 Å². The number of aliphatic hydroxyl groups is 4. The number of aryl methyl sites for hydroxylation is 1. The van der Waals surface area contributed by atoms with E-state index in [2.05, 4.69) is 37.1 Å². The normalized spacial score (nSPS) is 30.3. The molecule has 0 unspecified atom stereocenters. The molecular formula is C24H26O6. The van der Waals surface area contributed by atoms with Gasteiger partial charge in [0, 0.05) is 11.1 Å². The SMILES string of the molecule is C#Cc1cc2c(cc1Cc1ccc(CC)cc1)[C@]1(OC2)O[C@H](CO)[C@@H](O)[C@H](O)[C@H]1O. The van der Waals surface area contributed by atoms with Crippen LogP contribution >= 0.6 is 0 Å². The minimum Gasteiger partial charge on any atom is -0.394 e. The van der Waals surface area contributed by atoms with E-state index >= 15 is 0 Å². The Hall–Kier alpha value is -2.24. The van der Waals surface area contributed by atoms with Crippen molar-refractivity contribution in [3.05, 3.63) is 69.8 Å². The number of rotatable bonds is 4. The van der Waals surface area contributed by atoms with Gasteiger partial charge in [-0.25, -0.2) is 0 Å². The molecule has 0 aromatic heterocycles. The van der Waals surface area contributed by atoms with Crippen LogP contribution in [0.4, 0.5) is 0 Å². The number of hydrogen-bond acceptors (Lipinski definition) is 6. The quantitative estimate of drug-likeness (QED) is 0.561. The van der Waals surface area contributed by atoms with Gasteiger partial charge in [-0.3, -0.25) is 0 Å². The van der Waals surface area contributed by atoms with Gasteiger partial charge in [0.25, 0.3) is 0 Å². The molecule has 2 aliphatic heterocycles. The largest absolute Gasteiger partial charge is 0.394 e. The molecule has 158 valence electrons. The molecule has 1 saturated heterocycles. The molecule has 0 aliphatic carbocycles. The Morgan fingerprint density at radius 3 is 2.43 bits per heavy atom. The summed E-state index contributed by atoms with van der Waals surface area (Å²) in [5, 5.41) is 40.8. The first-order chi connectivity index (χ1) is 14.4. The third kappa shape index (κ3) is 3.34. The van der Waals surface area contributed by atoms with Gasteiger partial charge >= 0.3 is 0 Å². The Bertz CT molecular complexity index is 961. The lowest BCUT2D eigenvalue weighted by Crippen LogP contribution is -2.63. The number of aliphatic hydroxyl groups excluding tert-OH is 4. The number of terminal acetylenes is 1. The third-order valence-electron chi connectivity index (χ3n) is 6.08. The zero-order valence-electron chi connectivity index (χ0n) is 16.8. The van der Waals surface area contributed by atoms with Crippen molar-refractivity contribution < 1.29 is 29.9 Å². The van der Waals surface area contributed by atoms with Crippen molar-refractivity contribution in [2.45, 2.75) is 56.6 Å². The molecule has 6 heteroatoms. The van der Waals surface area contributed by atoms with E-state index in [0.717, 1.165) is 28.7 Å². The summed E-state index contributed by atoms with van der Waals surface area (Å²) in [4.78, 5) is 0. The highest BCUT2D eigenvalue weighted by atomic mass is 16.7. The molecule has 1 spiro atoms. The standard InChI is InChI=1S/C24H26O6/c1-3-14-5-7-15(8-6-14)9-17-11-19-18(10-16(17)4-2)13-29-24(19)23(28)22(27)21(26)20(12-25)30-24/h2,5-8,10-11,20-23,25-28H,3,9,12-13H2,1H3/t20-,21-,22+,23-,24+/m1/s1. The van der Waals surface area contributed by atoms with Crippen LogP contribution in [0.2, 0.25) is 0 Å². The summed E-state index contributed by atoms with van der Waals surface area (Å²) < 4.78 is 11.7. The van der Waals surface area contributed by atoms with Crippen LogP contribution in [0, 0.1) is 12.3 Å². The highest BCUT2D eigenvalue weighted by Crippen LogP contribution is 2.46. The second-order valence-corrected chi connectivity index (χ2v) is 7.88. The van der Waals surface area contributed by atoms with E-state index in [-0.39, 0.29) is 6.61 Å². The third-order valence-corrected chi connectivity index (χ3v) is 6.08. The molecule has 0 amide bonds. The molecule has 4 N–H and O–H groups in total. The minimum atomic E-state index is -1.67. The fraction of sp³-hybridized carbons (Fsp3) is 0.417. The molecule has 6 nitrogen and oxygen atoms in total. The summed E-state index contributed by atoms with van der Waals surface area (Å²) >= 11 is 0. The van der Waals surface area contributed by atoms with Crippen molar-refractivity contribution in [3.63, 3.8) is 0 Å². The van der Waals surface area contributed by atoms with Crippen molar-refractivity contribution in [1.29, 1.82) is 0 Å². The van der Waals surface area contributed by atoms with E-state index in [9.17, 15) is 20.4 Å². The average Bonchev–Trinajstić information content (AvgIpc) is 3.13. The summed E-state index contributed by atoms with van der Waals surface area (Å²) in [5.41, 5.74) is 5.22. The van der Waals surface area contributed by atoms with Gasteiger partial charge in [-0.1, -0.05) is 37.1 Å². The Labute approximate surface area is 175 Å². The second kappa shape index (κ2) is 8.12. The van der Waals surface area contributed by atoms with E-state index in [1.54, 1.807) is 0 Å². The van der Waals surface area contributed by atoms with E-state index in [0.29, 0.717) is 12.0 Å². The van der Waals surface area contributed by atoms with Crippen molar-refractivity contribution in [3.8, 4) is 12.3 Å². The van der Waals surface area contributed by atoms with Crippen LogP contribution in [0.3, 0.4) is 0 Å². The molecule has 0 radical (unpaired) electrons. The van der Waals surface area contributed by atoms with Gasteiger partial charge in [-0.15, -0.1) is 6.42 Å². The number of hydrogen-bond donors (Lipinski definition) is 4. The molecule has 2 heterocycles. The molecular weight excluding hydrogens is 384 g/mol. The van der Waals surface area contributed by atoms with Gasteiger partial charge in [0.15, 0.2) is 0 Å². The molecule has 2 aromatic rings. The number of benzene rings is 2. The van der Waals surface area contributed by atoms with Crippen LogP contribution in [0.25, 0.3) is 0 Å². The highest BCUT2D eigenvalue weighted by Gasteiger charge is 2.58. The molecule has 5 atom stereocenters. The Morgan fingerprint density at radius 2 is 1.80 bits per heavy atom. The molecule has 1 fully saturated rings. The first kappa shape index (κ1) is 21.0. The maximum atomic E-state index is 10.7. The van der Waals surface area contributed by atoms with Gasteiger partial charge in [0.1, 0.15) is 24.4 Å². The van der Waals surface area contributed by atoms with Crippen molar-refractivity contribution in [2.24, 2.45) is 0 Å². The predicted molar refractivity (Wildman–Crippen MR) is 109 cm³/mol. The second-order valence-electron chi connectivity index (χ2n) is 7.88. The molecule has 2 aliphatic rings. The summed E-state index contributed by atoms with van der Waals surface area (Å²) in [5.74, 6) is 1.05. The van der Waals surface area contributed by atoms with E-state index in [4.69, 9.17) is 15.9 Å². The summed E-state index contributed by atoms with van der Waals surface area (Å²) in [6, 6.07) is 12.0. The summed E-state index contributed by atoms with van der Waals surface area (Å²) in [7, 11) is 0. The smallest absolute Gasteiger partial charge is 0.225 e. The Morgan fingerprint density at radius 1 is 1.10 bits per heavy atom. The highest BCUT2D eigenvalue weighted by molar-refractivity contribution is 5.51. The van der Waals surface area contributed by atoms with E-state index in [1.165, 1.54) is 5.56 Å². The fourth-order valence-electron chi connectivity index (χ4n) is 4.27. The monoisotopic (exact) mass is 410 g/mol. The van der Waals surface area contributed by atoms with E-state index < -0.39 is 36.8 Å². The van der Waals surface area contributed by atoms with Crippen molar-refractivity contribution >= 4 is 0 Å². The summed E-state index contributed by atoms with van der Waals surface area (Å²) in [6.45, 7) is 1.71. The number of fused-ring (bicyclic) bond motifs is 2. The van der Waals surface area contributed by atoms with Crippen LogP contribution in [0.5, 0.6) is 0 Å². The van der Waals surface area contributed by atoms with Crippen LogP contribution < -0.4 is 0 Å². The first-order valence-electron chi connectivity index (χ1n) is 10.1. The molecule has 4 rings (SSSR count). The summed E-state index contributed by atoms with van der Waals surface area (Å²) in [6.07, 6.45) is 1.72. The topological polar surface area (TPSA) is 99.4 Å². The van der Waals surface area contributed by atoms with Crippen LogP contribution in [0.15, 0.2) is 36.4 Å². The molecule has 0 bridgehead atoms. The lowest BCUT2D eigenvalue weighted by atomic mass is 9.85. The Balaban J connectivity index is 1.75. The number of ether oxygens (including phenoxy) is 2. The van der Waals surface area contributed by atoms with Crippen LogP contribution in [-0.4, -0.2) is 51.4 Å². The van der Waals surface area contributed by atoms with Gasteiger partial charge < -0.3 is 29.9 Å². The van der Waals surface area contributed by atoms with Gasteiger partial charge in [-0.05, 0) is 47.2 Å². The molecule has 0 saturated carbocycles. The van der Waals surface area contributed by atoms with E-state index in [1.807, 2.05) is 12.1 Å². The predicted octanol–water partition coefficient (Wildman–Crippen LogP) is 0.978. The lowest BCUT2D eigenvalue weighted by Gasteiger charge is -2.46. The van der Waals surface area contributed by atoms with Gasteiger partial charge in [0.2, 0.25) is 5.79 Å².